The molecule has 0 saturated heterocycles. The summed E-state index contributed by atoms with van der Waals surface area (Å²) >= 11 is 0. The van der Waals surface area contributed by atoms with E-state index in [1.165, 1.54) is 11.1 Å². The average molecular weight is 455 g/mol. The molecule has 1 aliphatic heterocycles. The molecule has 1 aromatic heterocycles. The van der Waals surface area contributed by atoms with Gasteiger partial charge in [-0.2, -0.15) is 5.21 Å². The Hall–Kier alpha value is -3.35. The summed E-state index contributed by atoms with van der Waals surface area (Å²) in [7, 11) is 0. The predicted octanol–water partition coefficient (Wildman–Crippen LogP) is 5.26. The lowest BCUT2D eigenvalue weighted by Gasteiger charge is -2.29. The second kappa shape index (κ2) is 8.46. The van der Waals surface area contributed by atoms with E-state index in [1.807, 2.05) is 18.2 Å². The van der Waals surface area contributed by atoms with Crippen LogP contribution in [-0.4, -0.2) is 42.8 Å². The SMILES string of the molecule is CCCCC1=NC2(CCCC2)C(=O)N1C1CCc2cc(-c3ccccc3-c3nn[nH]n3)ccc21. The molecule has 1 amide bonds. The highest BCUT2D eigenvalue weighted by Crippen LogP contribution is 2.46. The van der Waals surface area contributed by atoms with Crippen LogP contribution >= 0.6 is 0 Å². The molecular weight excluding hydrogens is 424 g/mol. The minimum Gasteiger partial charge on any atom is -0.291 e. The van der Waals surface area contributed by atoms with E-state index in [0.29, 0.717) is 5.82 Å². The van der Waals surface area contributed by atoms with Gasteiger partial charge in [-0.3, -0.25) is 14.7 Å². The third kappa shape index (κ3) is 3.37. The number of aromatic nitrogens is 4. The van der Waals surface area contributed by atoms with E-state index >= 15 is 0 Å². The van der Waals surface area contributed by atoms with Crippen LogP contribution in [-0.2, 0) is 11.2 Å². The molecule has 1 saturated carbocycles. The lowest BCUT2D eigenvalue weighted by Crippen LogP contribution is -2.42. The van der Waals surface area contributed by atoms with Crippen LogP contribution in [0, 0.1) is 0 Å². The van der Waals surface area contributed by atoms with Crippen LogP contribution in [0.5, 0.6) is 0 Å². The van der Waals surface area contributed by atoms with Crippen molar-refractivity contribution in [2.45, 2.75) is 76.3 Å². The fourth-order valence-corrected chi connectivity index (χ4v) is 6.04. The normalized spacial score (nSPS) is 20.9. The van der Waals surface area contributed by atoms with Crippen molar-refractivity contribution in [3.63, 3.8) is 0 Å². The largest absolute Gasteiger partial charge is 0.291 e. The summed E-state index contributed by atoms with van der Waals surface area (Å²) in [6.45, 7) is 2.20. The van der Waals surface area contributed by atoms with Gasteiger partial charge in [0.1, 0.15) is 11.4 Å². The lowest BCUT2D eigenvalue weighted by molar-refractivity contribution is -0.132. The van der Waals surface area contributed by atoms with Gasteiger partial charge in [0.2, 0.25) is 5.82 Å². The van der Waals surface area contributed by atoms with Crippen LogP contribution in [0.25, 0.3) is 22.5 Å². The van der Waals surface area contributed by atoms with Gasteiger partial charge in [0, 0.05) is 12.0 Å². The Morgan fingerprint density at radius 3 is 2.71 bits per heavy atom. The van der Waals surface area contributed by atoms with Crippen molar-refractivity contribution in [1.29, 1.82) is 0 Å². The van der Waals surface area contributed by atoms with E-state index in [2.05, 4.69) is 56.7 Å². The number of H-pyrrole nitrogens is 1. The standard InChI is InChI=1S/C27H30N6O/c1-2-3-10-24-28-27(15-6-7-16-27)26(34)33(24)23-14-12-19-17-18(11-13-21(19)23)20-8-4-5-9-22(20)25-29-31-32-30-25/h4-5,8-9,11,13,17,23H,2-3,6-7,10,12,14-16H2,1H3,(H,29,30,31,32). The number of aliphatic imine (C=N–C) groups is 1. The molecule has 1 atom stereocenters. The van der Waals surface area contributed by atoms with Crippen molar-refractivity contribution in [2.75, 3.05) is 0 Å². The molecule has 3 aromatic rings. The first-order valence-corrected chi connectivity index (χ1v) is 12.6. The number of benzene rings is 2. The minimum atomic E-state index is -0.477. The molecule has 1 N–H and O–H groups in total. The van der Waals surface area contributed by atoms with E-state index in [-0.39, 0.29) is 11.9 Å². The van der Waals surface area contributed by atoms with Gasteiger partial charge in [-0.15, -0.1) is 10.2 Å². The number of carbonyl (C=O) groups is 1. The topological polar surface area (TPSA) is 87.1 Å². The quantitative estimate of drug-likeness (QED) is 0.550. The van der Waals surface area contributed by atoms with E-state index in [9.17, 15) is 4.79 Å². The molecule has 34 heavy (non-hydrogen) atoms. The number of carbonyl (C=O) groups excluding carboxylic acids is 1. The summed E-state index contributed by atoms with van der Waals surface area (Å²) in [5.74, 6) is 1.87. The van der Waals surface area contributed by atoms with Crippen LogP contribution in [0.4, 0.5) is 0 Å². The summed E-state index contributed by atoms with van der Waals surface area (Å²) in [4.78, 5) is 21.0. The number of fused-ring (bicyclic) bond motifs is 1. The number of rotatable bonds is 6. The maximum absolute atomic E-state index is 13.8. The van der Waals surface area contributed by atoms with Crippen LogP contribution < -0.4 is 0 Å². The van der Waals surface area contributed by atoms with Gasteiger partial charge in [-0.1, -0.05) is 68.7 Å². The molecule has 7 nitrogen and oxygen atoms in total. The van der Waals surface area contributed by atoms with Gasteiger partial charge < -0.3 is 0 Å². The number of amidine groups is 1. The molecule has 1 spiro atoms. The molecular formula is C27H30N6O. The zero-order valence-electron chi connectivity index (χ0n) is 19.6. The summed E-state index contributed by atoms with van der Waals surface area (Å²) in [5, 5.41) is 14.6. The summed E-state index contributed by atoms with van der Waals surface area (Å²) < 4.78 is 0. The zero-order valence-corrected chi connectivity index (χ0v) is 19.6. The van der Waals surface area contributed by atoms with Gasteiger partial charge in [0.15, 0.2) is 0 Å². The summed E-state index contributed by atoms with van der Waals surface area (Å²) in [5.41, 5.74) is 5.30. The number of aryl methyl sites for hydroxylation is 1. The molecule has 2 aromatic carbocycles. The maximum Gasteiger partial charge on any atom is 0.256 e. The fraction of sp³-hybridized carbons (Fsp3) is 0.444. The van der Waals surface area contributed by atoms with E-state index in [0.717, 1.165) is 80.3 Å². The molecule has 0 radical (unpaired) electrons. The van der Waals surface area contributed by atoms with Crippen LogP contribution in [0.3, 0.4) is 0 Å². The minimum absolute atomic E-state index is 0.0968. The second-order valence-corrected chi connectivity index (χ2v) is 9.79. The van der Waals surface area contributed by atoms with Gasteiger partial charge in [-0.25, -0.2) is 0 Å². The highest BCUT2D eigenvalue weighted by atomic mass is 16.2. The molecule has 0 bridgehead atoms. The Balaban J connectivity index is 1.34. The smallest absolute Gasteiger partial charge is 0.256 e. The van der Waals surface area contributed by atoms with E-state index in [1.54, 1.807) is 0 Å². The van der Waals surface area contributed by atoms with Crippen molar-refractivity contribution in [1.82, 2.24) is 25.5 Å². The van der Waals surface area contributed by atoms with Crippen molar-refractivity contribution >= 4 is 11.7 Å². The molecule has 3 aliphatic rings. The number of tetrazole rings is 1. The van der Waals surface area contributed by atoms with Gasteiger partial charge in [-0.05, 0) is 59.6 Å². The molecule has 1 fully saturated rings. The molecule has 174 valence electrons. The first-order valence-electron chi connectivity index (χ1n) is 12.6. The zero-order chi connectivity index (χ0) is 23.1. The number of amides is 1. The van der Waals surface area contributed by atoms with Crippen LogP contribution in [0.15, 0.2) is 47.5 Å². The van der Waals surface area contributed by atoms with Crippen LogP contribution in [0.2, 0.25) is 0 Å². The first-order chi connectivity index (χ1) is 16.7. The molecule has 7 heteroatoms. The van der Waals surface area contributed by atoms with Crippen molar-refractivity contribution in [3.05, 3.63) is 53.6 Å². The van der Waals surface area contributed by atoms with Gasteiger partial charge in [0.25, 0.3) is 5.91 Å². The fourth-order valence-electron chi connectivity index (χ4n) is 6.04. The number of nitrogens with zero attached hydrogens (tertiary/aromatic N) is 5. The monoisotopic (exact) mass is 454 g/mol. The predicted molar refractivity (Wildman–Crippen MR) is 131 cm³/mol. The van der Waals surface area contributed by atoms with Crippen LogP contribution in [0.1, 0.15) is 75.5 Å². The van der Waals surface area contributed by atoms with Crippen molar-refractivity contribution < 1.29 is 4.79 Å². The number of hydrogen-bond acceptors (Lipinski definition) is 5. The highest BCUT2D eigenvalue weighted by Gasteiger charge is 2.52. The molecule has 6 rings (SSSR count). The Morgan fingerprint density at radius 2 is 1.94 bits per heavy atom. The third-order valence-electron chi connectivity index (χ3n) is 7.75. The first kappa shape index (κ1) is 21.2. The molecule has 1 unspecified atom stereocenters. The lowest BCUT2D eigenvalue weighted by atomic mass is 9.94. The van der Waals surface area contributed by atoms with Crippen molar-refractivity contribution in [2.24, 2.45) is 4.99 Å². The van der Waals surface area contributed by atoms with Crippen molar-refractivity contribution in [3.8, 4) is 22.5 Å². The Bertz CT molecular complexity index is 1240. The van der Waals surface area contributed by atoms with Gasteiger partial charge >= 0.3 is 0 Å². The molecule has 2 aliphatic carbocycles. The summed E-state index contributed by atoms with van der Waals surface area (Å²) in [6.07, 6.45) is 9.03. The number of hydrogen-bond donors (Lipinski definition) is 1. The number of unbranched alkanes of at least 4 members (excludes halogenated alkanes) is 1. The van der Waals surface area contributed by atoms with E-state index < -0.39 is 5.54 Å². The second-order valence-electron chi connectivity index (χ2n) is 9.79. The number of nitrogens with one attached hydrogen (secondary N) is 1. The Morgan fingerprint density at radius 1 is 1.12 bits per heavy atom. The van der Waals surface area contributed by atoms with E-state index in [4.69, 9.17) is 4.99 Å². The molecule has 2 heterocycles. The average Bonchev–Trinajstić information content (AvgIpc) is 3.67. The Kier molecular flexibility index (Phi) is 5.27. The maximum atomic E-state index is 13.8. The summed E-state index contributed by atoms with van der Waals surface area (Å²) in [6, 6.07) is 14.9. The number of aromatic amines is 1. The Labute approximate surface area is 199 Å². The third-order valence-corrected chi connectivity index (χ3v) is 7.75. The van der Waals surface area contributed by atoms with Gasteiger partial charge in [0.05, 0.1) is 6.04 Å². The highest BCUT2D eigenvalue weighted by molar-refractivity contribution is 6.08.